The maximum absolute atomic E-state index is 15.5. The number of esters is 2. The fourth-order valence-corrected chi connectivity index (χ4v) is 17.0. The summed E-state index contributed by atoms with van der Waals surface area (Å²) in [6.07, 6.45) is -3.05. The third-order valence-corrected chi connectivity index (χ3v) is 21.8. The lowest BCUT2D eigenvalue weighted by Crippen LogP contribution is -2.67. The van der Waals surface area contributed by atoms with Crippen molar-refractivity contribution in [2.24, 2.45) is 40.9 Å². The van der Waals surface area contributed by atoms with Crippen molar-refractivity contribution in [1.29, 1.82) is 0 Å². The number of amides is 1. The van der Waals surface area contributed by atoms with E-state index in [-0.39, 0.29) is 49.2 Å². The fraction of sp³-hybridized carbons (Fsp3) is 0.818. The number of aliphatic hydroxyl groups is 4. The molecule has 25 nitrogen and oxygen atoms in total. The number of aliphatic hydroxyl groups excluding tert-OH is 4. The number of Topliss-reactive ketones (excluding diaryl/α,β-unsaturated/α-hetero) is 1. The van der Waals surface area contributed by atoms with Gasteiger partial charge in [0.2, 0.25) is 5.78 Å². The number of carbonyl (C=O) groups is 4. The van der Waals surface area contributed by atoms with Gasteiger partial charge >= 0.3 is 18.0 Å². The van der Waals surface area contributed by atoms with Crippen LogP contribution >= 0.6 is 0 Å². The van der Waals surface area contributed by atoms with Gasteiger partial charge in [0, 0.05) is 56.3 Å². The van der Waals surface area contributed by atoms with Gasteiger partial charge in [0.1, 0.15) is 23.5 Å². The molecular weight excluding hydrogens is 1190 g/mol. The molecule has 29 atom stereocenters. The number of methoxy groups -OCH3 is 1. The Hall–Kier alpha value is -4.00. The smallest absolute Gasteiger partial charge is 0.407 e. The van der Waals surface area contributed by atoms with E-state index in [1.54, 1.807) is 33.8 Å². The van der Waals surface area contributed by atoms with Gasteiger partial charge in [-0.2, -0.15) is 0 Å². The van der Waals surface area contributed by atoms with Crippen LogP contribution in [0.15, 0.2) is 46.8 Å². The third kappa shape index (κ3) is 13.9. The van der Waals surface area contributed by atoms with Crippen LogP contribution in [0.25, 0.3) is 0 Å². The molecule has 0 aromatic heterocycles. The zero-order valence-corrected chi connectivity index (χ0v) is 54.8. The van der Waals surface area contributed by atoms with Crippen LogP contribution in [0.3, 0.4) is 0 Å². The van der Waals surface area contributed by atoms with Gasteiger partial charge in [0.15, 0.2) is 43.2 Å². The lowest BCUT2D eigenvalue weighted by atomic mass is 9.49. The van der Waals surface area contributed by atoms with Gasteiger partial charge in [-0.1, -0.05) is 50.6 Å². The SMILES string of the molecule is COC(=O)NC1C(C)OC(OC2CC=C(C)C3C=CC4C(OC5CC(OC6CCC(OC7CC(O)C(OC8CCC(O)C(C)O8)C(C)O7)C(C)O6)C(OC(C)=O)C(C)O5)C(C)CC(C)C4C3(C)C(O)=C3C(=O)OC4(CCCC(O)C4C=C2C)C3=O)CC1(C)N([O-])O. The molecule has 25 heteroatoms. The van der Waals surface area contributed by atoms with Crippen molar-refractivity contribution in [3.63, 3.8) is 0 Å². The molecule has 512 valence electrons. The van der Waals surface area contributed by atoms with E-state index in [1.807, 2.05) is 39.8 Å². The Labute approximate surface area is 533 Å². The molecule has 6 heterocycles. The molecule has 0 radical (unpaired) electrons. The summed E-state index contributed by atoms with van der Waals surface area (Å²) in [6.45, 7) is 21.5. The molecule has 4 aliphatic carbocycles. The Bertz CT molecular complexity index is 2750. The first-order chi connectivity index (χ1) is 43.0. The van der Waals surface area contributed by atoms with Crippen molar-refractivity contribution in [3.05, 3.63) is 52.0 Å². The Morgan fingerprint density at radius 1 is 0.692 bits per heavy atom. The summed E-state index contributed by atoms with van der Waals surface area (Å²) in [6, 6.07) is -1.02. The van der Waals surface area contributed by atoms with Crippen LogP contribution in [-0.2, 0) is 76.0 Å². The second-order valence-corrected chi connectivity index (χ2v) is 28.2. The summed E-state index contributed by atoms with van der Waals surface area (Å²) in [5.41, 5.74) is -3.98. The van der Waals surface area contributed by atoms with E-state index < -0.39 is 198 Å². The summed E-state index contributed by atoms with van der Waals surface area (Å²) < 4.78 is 81.8. The van der Waals surface area contributed by atoms with Crippen LogP contribution in [0, 0.1) is 46.1 Å². The molecule has 6 N–H and O–H groups in total. The van der Waals surface area contributed by atoms with Crippen LogP contribution in [0.1, 0.15) is 160 Å². The number of nitrogens with one attached hydrogen (secondary N) is 1. The minimum Gasteiger partial charge on any atom is -0.762 e. The molecule has 6 aliphatic heterocycles. The highest BCUT2D eigenvalue weighted by molar-refractivity contribution is 6.26. The number of rotatable bonds is 13. The fourth-order valence-electron chi connectivity index (χ4n) is 17.0. The molecule has 2 bridgehead atoms. The molecule has 6 saturated heterocycles. The van der Waals surface area contributed by atoms with Crippen LogP contribution in [-0.4, -0.2) is 196 Å². The average molecular weight is 1290 g/mol. The lowest BCUT2D eigenvalue weighted by Gasteiger charge is -2.56. The van der Waals surface area contributed by atoms with Crippen molar-refractivity contribution in [2.45, 2.75) is 294 Å². The Kier molecular flexibility index (Phi) is 21.5. The first-order valence-corrected chi connectivity index (χ1v) is 33.0. The number of ketones is 1. The number of fused-ring (bicyclic) bond motifs is 4. The summed E-state index contributed by atoms with van der Waals surface area (Å²) in [5.74, 6) is -5.39. The van der Waals surface area contributed by atoms with Crippen molar-refractivity contribution in [3.8, 4) is 0 Å². The Morgan fingerprint density at radius 2 is 1.33 bits per heavy atom. The summed E-state index contributed by atoms with van der Waals surface area (Å²) in [5, 5.41) is 72.4. The van der Waals surface area contributed by atoms with Crippen LogP contribution in [0.4, 0.5) is 4.79 Å². The van der Waals surface area contributed by atoms with E-state index in [4.69, 9.17) is 61.6 Å². The highest BCUT2D eigenvalue weighted by Gasteiger charge is 2.65. The van der Waals surface area contributed by atoms with Gasteiger partial charge in [0.05, 0.1) is 91.8 Å². The van der Waals surface area contributed by atoms with Crippen molar-refractivity contribution >= 4 is 23.8 Å². The quantitative estimate of drug-likeness (QED) is 0.0358. The zero-order chi connectivity index (χ0) is 65.9. The first kappa shape index (κ1) is 69.8. The first-order valence-electron chi connectivity index (χ1n) is 33.0. The molecule has 10 aliphatic rings. The van der Waals surface area contributed by atoms with Crippen LogP contribution < -0.4 is 5.32 Å². The average Bonchev–Trinajstić information content (AvgIpc) is 1.69. The van der Waals surface area contributed by atoms with E-state index in [9.17, 15) is 45.2 Å². The molecule has 8 fully saturated rings. The topological polar surface area (TPSA) is 328 Å². The number of hydrogen-bond donors (Lipinski definition) is 6. The van der Waals surface area contributed by atoms with Crippen LogP contribution in [0.5, 0.6) is 0 Å². The van der Waals surface area contributed by atoms with Crippen LogP contribution in [0.2, 0.25) is 0 Å². The maximum atomic E-state index is 15.5. The molecule has 10 rings (SSSR count). The number of carbonyl (C=O) groups excluding carboxylic acids is 4. The molecule has 0 aromatic rings. The number of ether oxygens (including phenoxy) is 13. The van der Waals surface area contributed by atoms with E-state index in [2.05, 4.69) is 25.2 Å². The standard InChI is InChI=1S/C66H99N2O23/c1-30-16-20-46(86-53-29-64(11,68(77)78)59(38(9)84-53)67-63(76)79-13)31(2)26-42-44(71)15-14-24-66(42)61(74)54(62(75)91-66)60(73)65(12)41(30)18-17-40-55(65)32(3)25-33(4)56(40)90-52-28-48(58(37(8)83-52)85-39(10)69)88-49-23-21-47(35(6)81-49)87-51-27-45(72)57(36(7)82-51)89-50-22-19-43(70)34(5)80-50/h16-18,26,32-38,40-53,55-59,70-73,77H,14-15,19-25,27-29H2,1-13H3,(H,67,76)/q-1. The second-order valence-electron chi connectivity index (χ2n) is 28.2. The predicted octanol–water partition coefficient (Wildman–Crippen LogP) is 6.93. The van der Waals surface area contributed by atoms with Gasteiger partial charge in [-0.15, -0.1) is 0 Å². The molecule has 1 spiro atoms. The second kappa shape index (κ2) is 28.0. The van der Waals surface area contributed by atoms with Gasteiger partial charge in [-0.05, 0) is 124 Å². The van der Waals surface area contributed by atoms with E-state index in [0.29, 0.717) is 50.5 Å². The normalized spacial score (nSPS) is 47.2. The molecule has 91 heavy (non-hydrogen) atoms. The Balaban J connectivity index is 0.888. The Morgan fingerprint density at radius 3 is 2.00 bits per heavy atom. The lowest BCUT2D eigenvalue weighted by molar-refractivity contribution is -0.331. The van der Waals surface area contributed by atoms with E-state index in [1.165, 1.54) is 21.0 Å². The molecule has 2 saturated carbocycles. The summed E-state index contributed by atoms with van der Waals surface area (Å²) >= 11 is 0. The van der Waals surface area contributed by atoms with Gasteiger partial charge in [0.25, 0.3) is 0 Å². The van der Waals surface area contributed by atoms with Crippen molar-refractivity contribution in [1.82, 2.24) is 10.5 Å². The third-order valence-electron chi connectivity index (χ3n) is 21.8. The summed E-state index contributed by atoms with van der Waals surface area (Å²) in [7, 11) is 1.18. The van der Waals surface area contributed by atoms with Gasteiger partial charge in [-0.25, -0.2) is 9.59 Å². The highest BCUT2D eigenvalue weighted by atomic mass is 16.8. The minimum atomic E-state index is -1.87. The number of alkyl carbamates (subject to hydrolysis) is 1. The summed E-state index contributed by atoms with van der Waals surface area (Å²) in [4.78, 5) is 55.3. The minimum absolute atomic E-state index is 0.0812. The number of allylic oxidation sites excluding steroid dienone is 3. The highest BCUT2D eigenvalue weighted by Crippen LogP contribution is 2.61. The maximum Gasteiger partial charge on any atom is 0.407 e. The zero-order valence-electron chi connectivity index (χ0n) is 54.8. The molecule has 1 amide bonds. The number of hydroxylamine groups is 2. The number of hydrogen-bond acceptors (Lipinski definition) is 24. The van der Waals surface area contributed by atoms with E-state index in [0.717, 1.165) is 5.57 Å². The molecule has 0 aromatic carbocycles. The van der Waals surface area contributed by atoms with Crippen molar-refractivity contribution < 1.29 is 106 Å². The monoisotopic (exact) mass is 1290 g/mol. The molecule has 29 unspecified atom stereocenters. The van der Waals surface area contributed by atoms with Gasteiger partial charge < -0.3 is 97.7 Å². The largest absolute Gasteiger partial charge is 0.762 e. The predicted molar refractivity (Wildman–Crippen MR) is 320 cm³/mol. The van der Waals surface area contributed by atoms with E-state index >= 15 is 4.79 Å². The van der Waals surface area contributed by atoms with Crippen molar-refractivity contribution in [2.75, 3.05) is 7.11 Å². The van der Waals surface area contributed by atoms with Gasteiger partial charge in [-0.3, -0.25) is 14.8 Å². The molecular formula is C66H99N2O23-. The number of nitrogens with zero attached hydrogens (tertiary/aromatic N) is 1.